The van der Waals surface area contributed by atoms with E-state index < -0.39 is 12.2 Å². The first kappa shape index (κ1) is 12.3. The minimum atomic E-state index is -1.19. The van der Waals surface area contributed by atoms with E-state index in [-0.39, 0.29) is 24.1 Å². The lowest BCUT2D eigenvalue weighted by Gasteiger charge is -2.16. The SMILES string of the molecule is [N-]=[N+]=NCCC(O)C(O)c1cc(=O)cc[nH]1. The first-order valence-electron chi connectivity index (χ1n) is 4.71. The third-order valence-corrected chi connectivity index (χ3v) is 2.07. The van der Waals surface area contributed by atoms with Crippen molar-refractivity contribution in [3.63, 3.8) is 0 Å². The van der Waals surface area contributed by atoms with Crippen LogP contribution in [0, 0.1) is 0 Å². The molecule has 0 aromatic carbocycles. The van der Waals surface area contributed by atoms with Gasteiger partial charge in [0.05, 0.1) is 11.8 Å². The van der Waals surface area contributed by atoms with Crippen molar-refractivity contribution in [3.05, 3.63) is 44.7 Å². The van der Waals surface area contributed by atoms with Crippen molar-refractivity contribution in [2.75, 3.05) is 6.54 Å². The van der Waals surface area contributed by atoms with Crippen LogP contribution in [0.3, 0.4) is 0 Å². The Hall–Kier alpha value is -1.82. The summed E-state index contributed by atoms with van der Waals surface area (Å²) in [5, 5.41) is 22.4. The quantitative estimate of drug-likeness (QED) is 0.382. The van der Waals surface area contributed by atoms with Crippen LogP contribution in [-0.2, 0) is 0 Å². The van der Waals surface area contributed by atoms with Crippen LogP contribution in [0.4, 0.5) is 0 Å². The summed E-state index contributed by atoms with van der Waals surface area (Å²) in [6.45, 7) is 0.0891. The Morgan fingerprint density at radius 2 is 2.31 bits per heavy atom. The van der Waals surface area contributed by atoms with Crippen LogP contribution in [0.25, 0.3) is 10.4 Å². The van der Waals surface area contributed by atoms with E-state index in [9.17, 15) is 15.0 Å². The minimum absolute atomic E-state index is 0.0891. The van der Waals surface area contributed by atoms with Gasteiger partial charge in [0.2, 0.25) is 0 Å². The predicted molar refractivity (Wildman–Crippen MR) is 56.7 cm³/mol. The van der Waals surface area contributed by atoms with Crippen molar-refractivity contribution in [2.24, 2.45) is 5.11 Å². The number of aliphatic hydroxyl groups is 2. The normalized spacial score (nSPS) is 13.9. The van der Waals surface area contributed by atoms with E-state index in [1.807, 2.05) is 0 Å². The molecule has 0 bridgehead atoms. The standard InChI is InChI=1S/C9H12N4O3/c10-13-12-4-2-8(15)9(16)7-5-6(14)1-3-11-7/h1,3,5,8-9,15-16H,2,4H2,(H,11,14). The highest BCUT2D eigenvalue weighted by molar-refractivity contribution is 5.08. The Kier molecular flexibility index (Phi) is 4.53. The van der Waals surface area contributed by atoms with Crippen LogP contribution in [-0.4, -0.2) is 27.8 Å². The number of nitrogens with one attached hydrogen (secondary N) is 1. The molecule has 0 fully saturated rings. The molecular formula is C9H12N4O3. The lowest BCUT2D eigenvalue weighted by atomic mass is 10.1. The highest BCUT2D eigenvalue weighted by atomic mass is 16.3. The van der Waals surface area contributed by atoms with Crippen LogP contribution in [0.1, 0.15) is 18.2 Å². The van der Waals surface area contributed by atoms with Gasteiger partial charge < -0.3 is 15.2 Å². The summed E-state index contributed by atoms with van der Waals surface area (Å²) in [7, 11) is 0. The smallest absolute Gasteiger partial charge is 0.181 e. The number of azide groups is 1. The second-order valence-electron chi connectivity index (χ2n) is 3.24. The van der Waals surface area contributed by atoms with Gasteiger partial charge in [-0.15, -0.1) is 0 Å². The van der Waals surface area contributed by atoms with Gasteiger partial charge in [0.25, 0.3) is 0 Å². The second-order valence-corrected chi connectivity index (χ2v) is 3.24. The molecule has 0 amide bonds. The molecular weight excluding hydrogens is 212 g/mol. The zero-order valence-corrected chi connectivity index (χ0v) is 8.45. The molecule has 1 rings (SSSR count). The summed E-state index contributed by atoms with van der Waals surface area (Å²) in [6.07, 6.45) is -0.755. The van der Waals surface area contributed by atoms with E-state index in [1.165, 1.54) is 18.3 Å². The Bertz CT molecular complexity index is 438. The van der Waals surface area contributed by atoms with Crippen molar-refractivity contribution in [1.82, 2.24) is 4.98 Å². The van der Waals surface area contributed by atoms with Crippen LogP contribution in [0.2, 0.25) is 0 Å². The zero-order valence-electron chi connectivity index (χ0n) is 8.45. The summed E-state index contributed by atoms with van der Waals surface area (Å²) >= 11 is 0. The number of aromatic nitrogens is 1. The molecule has 2 unspecified atom stereocenters. The third-order valence-electron chi connectivity index (χ3n) is 2.07. The van der Waals surface area contributed by atoms with Crippen molar-refractivity contribution in [1.29, 1.82) is 0 Å². The van der Waals surface area contributed by atoms with Gasteiger partial charge in [-0.1, -0.05) is 5.11 Å². The van der Waals surface area contributed by atoms with Crippen molar-refractivity contribution in [2.45, 2.75) is 18.6 Å². The van der Waals surface area contributed by atoms with Crippen molar-refractivity contribution in [3.8, 4) is 0 Å². The number of hydrogen-bond acceptors (Lipinski definition) is 4. The topological polar surface area (TPSA) is 122 Å². The molecule has 3 N–H and O–H groups in total. The van der Waals surface area contributed by atoms with Gasteiger partial charge in [-0.25, -0.2) is 0 Å². The largest absolute Gasteiger partial charge is 0.390 e. The summed E-state index contributed by atoms with van der Waals surface area (Å²) in [5.74, 6) is 0. The van der Waals surface area contributed by atoms with E-state index in [0.29, 0.717) is 0 Å². The van der Waals surface area contributed by atoms with Gasteiger partial charge in [0, 0.05) is 29.8 Å². The van der Waals surface area contributed by atoms with Gasteiger partial charge in [0.15, 0.2) is 5.43 Å². The molecule has 1 aromatic rings. The molecule has 2 atom stereocenters. The fraction of sp³-hybridized carbons (Fsp3) is 0.444. The van der Waals surface area contributed by atoms with Crippen molar-refractivity contribution < 1.29 is 10.2 Å². The molecule has 1 heterocycles. The van der Waals surface area contributed by atoms with Crippen LogP contribution >= 0.6 is 0 Å². The molecule has 0 radical (unpaired) electrons. The number of H-pyrrole nitrogens is 1. The molecule has 0 aliphatic rings. The maximum absolute atomic E-state index is 11.0. The highest BCUT2D eigenvalue weighted by Gasteiger charge is 2.18. The molecule has 0 spiro atoms. The fourth-order valence-electron chi connectivity index (χ4n) is 1.23. The Balaban J connectivity index is 2.66. The minimum Gasteiger partial charge on any atom is -0.390 e. The molecule has 16 heavy (non-hydrogen) atoms. The molecule has 0 aliphatic heterocycles. The van der Waals surface area contributed by atoms with E-state index >= 15 is 0 Å². The Morgan fingerprint density at radius 1 is 1.56 bits per heavy atom. The van der Waals surface area contributed by atoms with E-state index in [0.717, 1.165) is 0 Å². The lowest BCUT2D eigenvalue weighted by molar-refractivity contribution is 0.0125. The van der Waals surface area contributed by atoms with Crippen LogP contribution in [0.5, 0.6) is 0 Å². The number of pyridine rings is 1. The van der Waals surface area contributed by atoms with Gasteiger partial charge in [0.1, 0.15) is 6.10 Å². The molecule has 86 valence electrons. The number of nitrogens with zero attached hydrogens (tertiary/aromatic N) is 3. The summed E-state index contributed by atoms with van der Waals surface area (Å²) in [4.78, 5) is 16.2. The zero-order chi connectivity index (χ0) is 12.0. The molecule has 0 saturated heterocycles. The molecule has 0 saturated carbocycles. The predicted octanol–water partition coefficient (Wildman–Crippen LogP) is 0.470. The number of aromatic amines is 1. The summed E-state index contributed by atoms with van der Waals surface area (Å²) in [6, 6.07) is 2.52. The highest BCUT2D eigenvalue weighted by Crippen LogP contribution is 2.15. The van der Waals surface area contributed by atoms with Gasteiger partial charge in [-0.05, 0) is 12.0 Å². The number of rotatable bonds is 5. The fourth-order valence-corrected chi connectivity index (χ4v) is 1.23. The van der Waals surface area contributed by atoms with Gasteiger partial charge in [-0.2, -0.15) is 0 Å². The second kappa shape index (κ2) is 5.92. The summed E-state index contributed by atoms with van der Waals surface area (Å²) < 4.78 is 0. The van der Waals surface area contributed by atoms with Crippen molar-refractivity contribution >= 4 is 0 Å². The Labute approximate surface area is 91.0 Å². The first-order chi connectivity index (χ1) is 7.65. The molecule has 0 aliphatic carbocycles. The summed E-state index contributed by atoms with van der Waals surface area (Å²) in [5.41, 5.74) is 8.02. The van der Waals surface area contributed by atoms with Crippen LogP contribution in [0.15, 0.2) is 28.2 Å². The molecule has 1 aromatic heterocycles. The average Bonchev–Trinajstić information content (AvgIpc) is 2.28. The van der Waals surface area contributed by atoms with E-state index in [1.54, 1.807) is 0 Å². The van der Waals surface area contributed by atoms with Crippen LogP contribution < -0.4 is 5.43 Å². The Morgan fingerprint density at radius 3 is 2.94 bits per heavy atom. The maximum Gasteiger partial charge on any atom is 0.181 e. The monoisotopic (exact) mass is 224 g/mol. The number of hydrogen-bond donors (Lipinski definition) is 3. The van der Waals surface area contributed by atoms with Gasteiger partial charge in [-0.3, -0.25) is 4.79 Å². The first-order valence-corrected chi connectivity index (χ1v) is 4.71. The lowest BCUT2D eigenvalue weighted by Crippen LogP contribution is -2.21. The van der Waals surface area contributed by atoms with Gasteiger partial charge >= 0.3 is 0 Å². The average molecular weight is 224 g/mol. The number of aliphatic hydroxyl groups excluding tert-OH is 2. The van der Waals surface area contributed by atoms with E-state index in [2.05, 4.69) is 15.0 Å². The molecule has 7 nitrogen and oxygen atoms in total. The third kappa shape index (κ3) is 3.39. The molecule has 7 heteroatoms. The maximum atomic E-state index is 11.0. The van der Waals surface area contributed by atoms with E-state index in [4.69, 9.17) is 5.53 Å².